The average molecular weight is 267 g/mol. The fourth-order valence-corrected chi connectivity index (χ4v) is 3.84. The highest BCUT2D eigenvalue weighted by molar-refractivity contribution is 5.71. The Balaban J connectivity index is 2.06. The van der Waals surface area contributed by atoms with Crippen LogP contribution in [0.4, 0.5) is 0 Å². The summed E-state index contributed by atoms with van der Waals surface area (Å²) in [5, 5.41) is 9.52. The molecular weight excluding hydrogens is 238 g/mol. The molecule has 2 aliphatic carbocycles. The first-order valence-corrected chi connectivity index (χ1v) is 8.15. The predicted octanol–water partition coefficient (Wildman–Crippen LogP) is 3.53. The van der Waals surface area contributed by atoms with Gasteiger partial charge in [0.05, 0.1) is 5.92 Å². The molecule has 0 aliphatic heterocycles. The van der Waals surface area contributed by atoms with E-state index in [1.54, 1.807) is 0 Å². The second-order valence-electron chi connectivity index (χ2n) is 6.45. The largest absolute Gasteiger partial charge is 0.481 e. The van der Waals surface area contributed by atoms with Gasteiger partial charge in [0.25, 0.3) is 0 Å². The zero-order valence-electron chi connectivity index (χ0n) is 12.5. The normalized spacial score (nSPS) is 31.6. The quantitative estimate of drug-likeness (QED) is 0.767. The van der Waals surface area contributed by atoms with Gasteiger partial charge >= 0.3 is 5.97 Å². The van der Waals surface area contributed by atoms with Gasteiger partial charge in [-0.1, -0.05) is 26.7 Å². The molecule has 0 aromatic heterocycles. The Morgan fingerprint density at radius 2 is 1.89 bits per heavy atom. The Morgan fingerprint density at radius 3 is 2.42 bits per heavy atom. The van der Waals surface area contributed by atoms with Gasteiger partial charge in [-0.25, -0.2) is 0 Å². The Morgan fingerprint density at radius 1 is 1.16 bits per heavy atom. The third kappa shape index (κ3) is 3.71. The van der Waals surface area contributed by atoms with Crippen LogP contribution in [0.15, 0.2) is 0 Å². The van der Waals surface area contributed by atoms with Crippen molar-refractivity contribution in [1.82, 2.24) is 4.90 Å². The molecule has 0 heterocycles. The van der Waals surface area contributed by atoms with Gasteiger partial charge in [0, 0.05) is 12.1 Å². The van der Waals surface area contributed by atoms with Crippen LogP contribution in [0.1, 0.15) is 65.2 Å². The molecule has 3 nitrogen and oxygen atoms in total. The highest BCUT2D eigenvalue weighted by Crippen LogP contribution is 2.39. The third-order valence-electron chi connectivity index (χ3n) is 4.86. The van der Waals surface area contributed by atoms with Crippen molar-refractivity contribution < 1.29 is 9.90 Å². The van der Waals surface area contributed by atoms with Gasteiger partial charge in [0.1, 0.15) is 0 Å². The van der Waals surface area contributed by atoms with Crippen molar-refractivity contribution in [3.8, 4) is 0 Å². The summed E-state index contributed by atoms with van der Waals surface area (Å²) >= 11 is 0. The molecule has 3 heteroatoms. The van der Waals surface area contributed by atoms with E-state index in [-0.39, 0.29) is 5.92 Å². The van der Waals surface area contributed by atoms with Crippen LogP contribution in [0.2, 0.25) is 0 Å². The van der Waals surface area contributed by atoms with E-state index in [0.717, 1.165) is 38.1 Å². The van der Waals surface area contributed by atoms with E-state index < -0.39 is 5.97 Å². The molecule has 0 aromatic rings. The Kier molecular flexibility index (Phi) is 5.26. The number of aliphatic carboxylic acids is 1. The topological polar surface area (TPSA) is 40.5 Å². The SMILES string of the molecule is CCCC1CCC(C(=O)O)C(N(CCC)C2CC2)C1. The molecule has 0 aromatic carbocycles. The van der Waals surface area contributed by atoms with E-state index >= 15 is 0 Å². The molecule has 2 fully saturated rings. The first kappa shape index (κ1) is 14.8. The molecule has 0 bridgehead atoms. The lowest BCUT2D eigenvalue weighted by molar-refractivity contribution is -0.146. The van der Waals surface area contributed by atoms with Crippen LogP contribution in [0, 0.1) is 11.8 Å². The average Bonchev–Trinajstić information content (AvgIpc) is 3.20. The Bertz CT molecular complexity index is 301. The van der Waals surface area contributed by atoms with Crippen LogP contribution in [0.25, 0.3) is 0 Å². The number of nitrogens with zero attached hydrogens (tertiary/aromatic N) is 1. The molecule has 110 valence electrons. The third-order valence-corrected chi connectivity index (χ3v) is 4.86. The first-order chi connectivity index (χ1) is 9.17. The number of carboxylic acid groups (broad SMARTS) is 1. The molecule has 1 N–H and O–H groups in total. The van der Waals surface area contributed by atoms with E-state index in [9.17, 15) is 9.90 Å². The van der Waals surface area contributed by atoms with Crippen LogP contribution in [-0.2, 0) is 4.79 Å². The van der Waals surface area contributed by atoms with Crippen molar-refractivity contribution in [2.75, 3.05) is 6.54 Å². The van der Waals surface area contributed by atoms with Gasteiger partial charge < -0.3 is 5.11 Å². The second kappa shape index (κ2) is 6.74. The van der Waals surface area contributed by atoms with Crippen LogP contribution in [0.3, 0.4) is 0 Å². The van der Waals surface area contributed by atoms with E-state index in [4.69, 9.17) is 0 Å². The number of rotatable bonds is 7. The molecule has 19 heavy (non-hydrogen) atoms. The zero-order chi connectivity index (χ0) is 13.8. The van der Waals surface area contributed by atoms with E-state index in [1.807, 2.05) is 0 Å². The van der Waals surface area contributed by atoms with Crippen molar-refractivity contribution in [3.63, 3.8) is 0 Å². The molecular formula is C16H29NO2. The highest BCUT2D eigenvalue weighted by atomic mass is 16.4. The predicted molar refractivity (Wildman–Crippen MR) is 77.2 cm³/mol. The van der Waals surface area contributed by atoms with Gasteiger partial charge in [-0.3, -0.25) is 9.69 Å². The molecule has 0 radical (unpaired) electrons. The fourth-order valence-electron chi connectivity index (χ4n) is 3.84. The fraction of sp³-hybridized carbons (Fsp3) is 0.938. The van der Waals surface area contributed by atoms with Crippen molar-refractivity contribution in [1.29, 1.82) is 0 Å². The zero-order valence-corrected chi connectivity index (χ0v) is 12.5. The molecule has 3 unspecified atom stereocenters. The van der Waals surface area contributed by atoms with E-state index in [0.29, 0.717) is 12.1 Å². The van der Waals surface area contributed by atoms with E-state index in [2.05, 4.69) is 18.7 Å². The minimum Gasteiger partial charge on any atom is -0.481 e. The maximum atomic E-state index is 11.6. The monoisotopic (exact) mass is 267 g/mol. The Labute approximate surface area is 117 Å². The second-order valence-corrected chi connectivity index (χ2v) is 6.45. The smallest absolute Gasteiger partial charge is 0.308 e. The molecule has 0 spiro atoms. The highest BCUT2D eigenvalue weighted by Gasteiger charge is 2.42. The summed E-state index contributed by atoms with van der Waals surface area (Å²) in [6.07, 6.45) is 9.31. The van der Waals surface area contributed by atoms with Gasteiger partial charge in [-0.15, -0.1) is 0 Å². The van der Waals surface area contributed by atoms with Crippen LogP contribution >= 0.6 is 0 Å². The minimum absolute atomic E-state index is 0.125. The number of carboxylic acids is 1. The minimum atomic E-state index is -0.568. The summed E-state index contributed by atoms with van der Waals surface area (Å²) in [4.78, 5) is 14.1. The van der Waals surface area contributed by atoms with Crippen molar-refractivity contribution in [2.45, 2.75) is 77.3 Å². The summed E-state index contributed by atoms with van der Waals surface area (Å²) in [5.41, 5.74) is 0. The molecule has 2 rings (SSSR count). The molecule has 0 amide bonds. The van der Waals surface area contributed by atoms with Crippen molar-refractivity contribution in [2.24, 2.45) is 11.8 Å². The maximum absolute atomic E-state index is 11.6. The molecule has 2 aliphatic rings. The lowest BCUT2D eigenvalue weighted by Gasteiger charge is -2.41. The summed E-state index contributed by atoms with van der Waals surface area (Å²) in [6, 6.07) is 0.988. The molecule has 3 atom stereocenters. The summed E-state index contributed by atoms with van der Waals surface area (Å²) in [6.45, 7) is 5.53. The van der Waals surface area contributed by atoms with E-state index in [1.165, 1.54) is 25.7 Å². The Hall–Kier alpha value is -0.570. The number of hydrogen-bond donors (Lipinski definition) is 1. The number of carbonyl (C=O) groups is 1. The summed E-state index contributed by atoms with van der Waals surface area (Å²) in [7, 11) is 0. The van der Waals surface area contributed by atoms with Crippen molar-refractivity contribution in [3.05, 3.63) is 0 Å². The van der Waals surface area contributed by atoms with Gasteiger partial charge in [0.15, 0.2) is 0 Å². The number of hydrogen-bond acceptors (Lipinski definition) is 2. The van der Waals surface area contributed by atoms with Crippen LogP contribution in [-0.4, -0.2) is 34.6 Å². The summed E-state index contributed by atoms with van der Waals surface area (Å²) < 4.78 is 0. The lowest BCUT2D eigenvalue weighted by Crippen LogP contribution is -2.48. The van der Waals surface area contributed by atoms with Crippen LogP contribution in [0.5, 0.6) is 0 Å². The first-order valence-electron chi connectivity index (χ1n) is 8.15. The van der Waals surface area contributed by atoms with Crippen molar-refractivity contribution >= 4 is 5.97 Å². The van der Waals surface area contributed by atoms with Gasteiger partial charge in [-0.05, 0) is 51.0 Å². The van der Waals surface area contributed by atoms with Gasteiger partial charge in [0.2, 0.25) is 0 Å². The van der Waals surface area contributed by atoms with Crippen LogP contribution < -0.4 is 0 Å². The molecule has 2 saturated carbocycles. The lowest BCUT2D eigenvalue weighted by atomic mass is 9.75. The standard InChI is InChI=1S/C16H29NO2/c1-3-5-12-6-9-14(16(18)19)15(11-12)17(10-4-2)13-7-8-13/h12-15H,3-11H2,1-2H3,(H,18,19). The van der Waals surface area contributed by atoms with Gasteiger partial charge in [-0.2, -0.15) is 0 Å². The summed E-state index contributed by atoms with van der Waals surface area (Å²) in [5.74, 6) is 0.0608. The maximum Gasteiger partial charge on any atom is 0.308 e. The molecule has 0 saturated heterocycles.